The number of anilines is 1. The van der Waals surface area contributed by atoms with Gasteiger partial charge < -0.3 is 25.0 Å². The molecule has 1 aromatic heterocycles. The zero-order chi connectivity index (χ0) is 22.6. The van der Waals surface area contributed by atoms with Crippen LogP contribution in [0.15, 0.2) is 41.5 Å². The number of guanidine groups is 1. The highest BCUT2D eigenvalue weighted by Gasteiger charge is 2.11. The van der Waals surface area contributed by atoms with Gasteiger partial charge in [0, 0.05) is 32.4 Å². The van der Waals surface area contributed by atoms with Crippen molar-refractivity contribution >= 4 is 11.8 Å². The van der Waals surface area contributed by atoms with Gasteiger partial charge in [0.15, 0.2) is 17.5 Å². The van der Waals surface area contributed by atoms with Gasteiger partial charge in [0.1, 0.15) is 5.82 Å². The van der Waals surface area contributed by atoms with Crippen LogP contribution < -0.4 is 25.0 Å². The Labute approximate surface area is 192 Å². The van der Waals surface area contributed by atoms with Gasteiger partial charge in [-0.05, 0) is 55.5 Å². The van der Waals surface area contributed by atoms with Crippen molar-refractivity contribution in [2.45, 2.75) is 45.6 Å². The van der Waals surface area contributed by atoms with Crippen molar-refractivity contribution in [2.24, 2.45) is 4.99 Å². The van der Waals surface area contributed by atoms with Gasteiger partial charge in [-0.25, -0.2) is 9.98 Å². The Balaban J connectivity index is 1.53. The first-order chi connectivity index (χ1) is 15.7. The number of benzene rings is 1. The highest BCUT2D eigenvalue weighted by Crippen LogP contribution is 2.27. The minimum absolute atomic E-state index is 0.596. The molecule has 0 saturated carbocycles. The average Bonchev–Trinajstić information content (AvgIpc) is 3.12. The summed E-state index contributed by atoms with van der Waals surface area (Å²) in [5, 5.41) is 6.73. The van der Waals surface area contributed by atoms with Gasteiger partial charge in [0.25, 0.3) is 0 Å². The molecule has 1 aliphatic rings. The van der Waals surface area contributed by atoms with Crippen LogP contribution in [0.5, 0.6) is 11.5 Å². The molecule has 1 aromatic carbocycles. The molecule has 0 amide bonds. The Morgan fingerprint density at radius 1 is 0.969 bits per heavy atom. The van der Waals surface area contributed by atoms with Crippen molar-refractivity contribution in [3.05, 3.63) is 47.7 Å². The van der Waals surface area contributed by atoms with E-state index in [-0.39, 0.29) is 0 Å². The maximum Gasteiger partial charge on any atom is 0.191 e. The first kappa shape index (κ1) is 23.7. The summed E-state index contributed by atoms with van der Waals surface area (Å²) in [4.78, 5) is 11.8. The van der Waals surface area contributed by atoms with E-state index in [0.29, 0.717) is 6.54 Å². The summed E-state index contributed by atoms with van der Waals surface area (Å²) in [5.41, 5.74) is 2.29. The lowest BCUT2D eigenvalue weighted by Crippen LogP contribution is -2.38. The fourth-order valence-corrected chi connectivity index (χ4v) is 3.87. The quantitative estimate of drug-likeness (QED) is 0.458. The second kappa shape index (κ2) is 12.8. The summed E-state index contributed by atoms with van der Waals surface area (Å²) in [6.07, 6.45) is 7.99. The lowest BCUT2D eigenvalue weighted by Gasteiger charge is -2.21. The molecule has 0 unspecified atom stereocenters. The number of nitrogens with zero attached hydrogens (tertiary/aromatic N) is 3. The van der Waals surface area contributed by atoms with Crippen LogP contribution in [-0.4, -0.2) is 51.3 Å². The topological polar surface area (TPSA) is 71.0 Å². The molecule has 1 aliphatic heterocycles. The van der Waals surface area contributed by atoms with Crippen LogP contribution in [0.25, 0.3) is 0 Å². The molecule has 32 heavy (non-hydrogen) atoms. The molecule has 0 bridgehead atoms. The number of ether oxygens (including phenoxy) is 2. The van der Waals surface area contributed by atoms with Crippen molar-refractivity contribution in [3.63, 3.8) is 0 Å². The number of hydrogen-bond acceptors (Lipinski definition) is 5. The van der Waals surface area contributed by atoms with Crippen LogP contribution in [0, 0.1) is 0 Å². The molecule has 0 spiro atoms. The summed E-state index contributed by atoms with van der Waals surface area (Å²) < 4.78 is 10.7. The molecule has 3 rings (SSSR count). The molecule has 1 saturated heterocycles. The molecule has 7 nitrogen and oxygen atoms in total. The average molecular weight is 440 g/mol. The van der Waals surface area contributed by atoms with Gasteiger partial charge in [-0.2, -0.15) is 0 Å². The number of pyridine rings is 1. The van der Waals surface area contributed by atoms with Crippen molar-refractivity contribution in [3.8, 4) is 11.5 Å². The van der Waals surface area contributed by atoms with E-state index in [1.54, 1.807) is 14.2 Å². The third kappa shape index (κ3) is 7.04. The molecule has 0 radical (unpaired) electrons. The fraction of sp³-hybridized carbons (Fsp3) is 0.520. The minimum Gasteiger partial charge on any atom is -0.493 e. The molecule has 0 aliphatic carbocycles. The van der Waals surface area contributed by atoms with E-state index in [4.69, 9.17) is 19.5 Å². The molecule has 2 N–H and O–H groups in total. The zero-order valence-corrected chi connectivity index (χ0v) is 19.7. The second-order valence-electron chi connectivity index (χ2n) is 7.99. The molecule has 1 fully saturated rings. The standard InChI is InChI=1S/C25H37N5O2/c1-4-26-25(27-14-13-20-9-11-22(31-2)23(17-20)32-3)29-19-21-10-12-24(28-18-21)30-15-7-5-6-8-16-30/h9-12,17-18H,4-8,13-16,19H2,1-3H3,(H2,26,27,29). The smallest absolute Gasteiger partial charge is 0.191 e. The van der Waals surface area contributed by atoms with Gasteiger partial charge in [0.2, 0.25) is 0 Å². The number of aliphatic imine (C=N–C) groups is 1. The first-order valence-corrected chi connectivity index (χ1v) is 11.7. The minimum atomic E-state index is 0.596. The number of rotatable bonds is 9. The Kier molecular flexibility index (Phi) is 9.47. The largest absolute Gasteiger partial charge is 0.493 e. The van der Waals surface area contributed by atoms with Gasteiger partial charge in [-0.3, -0.25) is 0 Å². The third-order valence-electron chi connectivity index (χ3n) is 5.66. The first-order valence-electron chi connectivity index (χ1n) is 11.7. The van der Waals surface area contributed by atoms with Crippen molar-refractivity contribution in [1.29, 1.82) is 0 Å². The van der Waals surface area contributed by atoms with Gasteiger partial charge >= 0.3 is 0 Å². The number of nitrogens with one attached hydrogen (secondary N) is 2. The van der Waals surface area contributed by atoms with E-state index >= 15 is 0 Å². The third-order valence-corrected chi connectivity index (χ3v) is 5.66. The summed E-state index contributed by atoms with van der Waals surface area (Å²) >= 11 is 0. The van der Waals surface area contributed by atoms with E-state index in [9.17, 15) is 0 Å². The number of methoxy groups -OCH3 is 2. The fourth-order valence-electron chi connectivity index (χ4n) is 3.87. The van der Waals surface area contributed by atoms with E-state index < -0.39 is 0 Å². The van der Waals surface area contributed by atoms with E-state index in [0.717, 1.165) is 61.4 Å². The molecule has 7 heteroatoms. The lowest BCUT2D eigenvalue weighted by molar-refractivity contribution is 0.354. The Bertz CT molecular complexity index is 846. The molecular formula is C25H37N5O2. The normalized spacial score (nSPS) is 14.6. The highest BCUT2D eigenvalue weighted by atomic mass is 16.5. The molecule has 0 atom stereocenters. The van der Waals surface area contributed by atoms with Crippen molar-refractivity contribution < 1.29 is 9.47 Å². The molecule has 2 heterocycles. The summed E-state index contributed by atoms with van der Waals surface area (Å²) in [6.45, 7) is 6.47. The zero-order valence-electron chi connectivity index (χ0n) is 19.7. The predicted octanol–water partition coefficient (Wildman–Crippen LogP) is 3.78. The summed E-state index contributed by atoms with van der Waals surface area (Å²) in [5.74, 6) is 3.39. The van der Waals surface area contributed by atoms with E-state index in [1.807, 2.05) is 18.3 Å². The predicted molar refractivity (Wildman–Crippen MR) is 131 cm³/mol. The Morgan fingerprint density at radius 2 is 1.72 bits per heavy atom. The second-order valence-corrected chi connectivity index (χ2v) is 7.99. The summed E-state index contributed by atoms with van der Waals surface area (Å²) in [7, 11) is 3.31. The van der Waals surface area contributed by atoms with Crippen molar-refractivity contribution in [2.75, 3.05) is 45.3 Å². The highest BCUT2D eigenvalue weighted by molar-refractivity contribution is 5.79. The number of hydrogen-bond donors (Lipinski definition) is 2. The Morgan fingerprint density at radius 3 is 2.38 bits per heavy atom. The van der Waals surface area contributed by atoms with Gasteiger partial charge in [0.05, 0.1) is 20.8 Å². The lowest BCUT2D eigenvalue weighted by atomic mass is 10.1. The summed E-state index contributed by atoms with van der Waals surface area (Å²) in [6, 6.07) is 10.3. The van der Waals surface area contributed by atoms with Crippen LogP contribution in [0.2, 0.25) is 0 Å². The number of aromatic nitrogens is 1. The monoisotopic (exact) mass is 439 g/mol. The molecule has 2 aromatic rings. The van der Waals surface area contributed by atoms with E-state index in [2.05, 4.69) is 40.7 Å². The molecular weight excluding hydrogens is 402 g/mol. The maximum atomic E-state index is 5.39. The van der Waals surface area contributed by atoms with Crippen LogP contribution in [-0.2, 0) is 13.0 Å². The SMILES string of the molecule is CCNC(=NCc1ccc(N2CCCCCC2)nc1)NCCc1ccc(OC)c(OC)c1. The van der Waals surface area contributed by atoms with Crippen LogP contribution in [0.4, 0.5) is 5.82 Å². The van der Waals surface area contributed by atoms with Crippen LogP contribution >= 0.6 is 0 Å². The Hall–Kier alpha value is -2.96. The maximum absolute atomic E-state index is 5.39. The van der Waals surface area contributed by atoms with Crippen LogP contribution in [0.1, 0.15) is 43.7 Å². The van der Waals surface area contributed by atoms with E-state index in [1.165, 1.54) is 31.2 Å². The van der Waals surface area contributed by atoms with Gasteiger partial charge in [-0.1, -0.05) is 25.0 Å². The van der Waals surface area contributed by atoms with Gasteiger partial charge in [-0.15, -0.1) is 0 Å². The van der Waals surface area contributed by atoms with Crippen molar-refractivity contribution in [1.82, 2.24) is 15.6 Å². The van der Waals surface area contributed by atoms with Crippen LogP contribution in [0.3, 0.4) is 0 Å². The molecule has 174 valence electrons.